The Labute approximate surface area is 49.5 Å². The van der Waals surface area contributed by atoms with E-state index in [9.17, 15) is 0 Å². The number of hydrogen-bond donors (Lipinski definition) is 1. The predicted molar refractivity (Wildman–Crippen MR) is 33.8 cm³/mol. The van der Waals surface area contributed by atoms with E-state index >= 15 is 0 Å². The molecule has 1 aliphatic rings. The fourth-order valence-corrected chi connectivity index (χ4v) is 0.594. The van der Waals surface area contributed by atoms with Gasteiger partial charge in [-0.2, -0.15) is 0 Å². The summed E-state index contributed by atoms with van der Waals surface area (Å²) < 4.78 is 0. The summed E-state index contributed by atoms with van der Waals surface area (Å²) in [6, 6.07) is 0. The van der Waals surface area contributed by atoms with E-state index in [0.717, 1.165) is 5.82 Å². The Bertz CT molecular complexity index is 147. The third-order valence-corrected chi connectivity index (χ3v) is 1.38. The minimum absolute atomic E-state index is 0.947. The van der Waals surface area contributed by atoms with Crippen molar-refractivity contribution >= 4 is 0 Å². The Kier molecular flexibility index (Phi) is 1.01. The molecule has 0 atom stereocenters. The highest BCUT2D eigenvalue weighted by atomic mass is 15.3. The summed E-state index contributed by atoms with van der Waals surface area (Å²) in [5, 5.41) is 2.99. The lowest BCUT2D eigenvalue weighted by Gasteiger charge is -2.11. The Hall–Kier alpha value is -0.920. The van der Waals surface area contributed by atoms with Crippen molar-refractivity contribution in [1.82, 2.24) is 10.2 Å². The maximum absolute atomic E-state index is 3.75. The highest BCUT2D eigenvalue weighted by molar-refractivity contribution is 5.14. The first kappa shape index (κ1) is 5.22. The van der Waals surface area contributed by atoms with E-state index in [1.54, 1.807) is 0 Å². The second kappa shape index (κ2) is 1.54. The van der Waals surface area contributed by atoms with Gasteiger partial charge in [-0.05, 0) is 6.92 Å². The van der Waals surface area contributed by atoms with Gasteiger partial charge in [0.15, 0.2) is 0 Å². The minimum Gasteiger partial charge on any atom is -0.347 e. The minimum atomic E-state index is 0.947. The van der Waals surface area contributed by atoms with Gasteiger partial charge in [-0.1, -0.05) is 6.58 Å². The van der Waals surface area contributed by atoms with Crippen molar-refractivity contribution in [2.45, 2.75) is 6.92 Å². The van der Waals surface area contributed by atoms with Crippen molar-refractivity contribution < 1.29 is 0 Å². The van der Waals surface area contributed by atoms with Crippen LogP contribution in [-0.4, -0.2) is 11.9 Å². The zero-order chi connectivity index (χ0) is 6.15. The lowest BCUT2D eigenvalue weighted by Crippen LogP contribution is -2.13. The average Bonchev–Trinajstić information content (AvgIpc) is 1.98. The van der Waals surface area contributed by atoms with Crippen LogP contribution in [0.3, 0.4) is 0 Å². The molecule has 1 rings (SSSR count). The number of hydrogen-bond acceptors (Lipinski definition) is 2. The molecule has 0 aromatic heterocycles. The molecule has 0 saturated carbocycles. The molecule has 1 aliphatic heterocycles. The van der Waals surface area contributed by atoms with E-state index < -0.39 is 0 Å². The van der Waals surface area contributed by atoms with Crippen LogP contribution in [0.25, 0.3) is 0 Å². The van der Waals surface area contributed by atoms with Gasteiger partial charge in [-0.25, -0.2) is 0 Å². The van der Waals surface area contributed by atoms with Crippen LogP contribution >= 0.6 is 0 Å². The zero-order valence-corrected chi connectivity index (χ0v) is 5.23. The highest BCUT2D eigenvalue weighted by Crippen LogP contribution is 2.10. The lowest BCUT2D eigenvalue weighted by atomic mass is 10.5. The van der Waals surface area contributed by atoms with Crippen molar-refractivity contribution in [2.75, 3.05) is 7.05 Å². The molecular formula is C6H10N2. The van der Waals surface area contributed by atoms with Crippen LogP contribution in [0, 0.1) is 0 Å². The largest absolute Gasteiger partial charge is 0.347 e. The van der Waals surface area contributed by atoms with Crippen molar-refractivity contribution in [3.63, 3.8) is 0 Å². The zero-order valence-electron chi connectivity index (χ0n) is 5.23. The van der Waals surface area contributed by atoms with Crippen LogP contribution in [0.4, 0.5) is 0 Å². The molecule has 0 aliphatic carbocycles. The number of nitrogens with one attached hydrogen (secondary N) is 1. The molecule has 0 saturated heterocycles. The lowest BCUT2D eigenvalue weighted by molar-refractivity contribution is 0.532. The summed E-state index contributed by atoms with van der Waals surface area (Å²) in [4.78, 5) is 2.00. The number of nitrogens with zero attached hydrogens (tertiary/aromatic N) is 1. The molecular weight excluding hydrogens is 100 g/mol. The third kappa shape index (κ3) is 0.579. The molecule has 0 spiro atoms. The molecule has 0 aromatic rings. The van der Waals surface area contributed by atoms with Crippen LogP contribution < -0.4 is 5.32 Å². The van der Waals surface area contributed by atoms with Crippen molar-refractivity contribution in [1.29, 1.82) is 0 Å². The highest BCUT2D eigenvalue weighted by Gasteiger charge is 2.07. The van der Waals surface area contributed by atoms with Crippen molar-refractivity contribution in [3.8, 4) is 0 Å². The summed E-state index contributed by atoms with van der Waals surface area (Å²) >= 11 is 0. The van der Waals surface area contributed by atoms with Gasteiger partial charge in [0.2, 0.25) is 0 Å². The van der Waals surface area contributed by atoms with E-state index in [2.05, 4.69) is 11.9 Å². The molecule has 2 nitrogen and oxygen atoms in total. The maximum atomic E-state index is 3.75. The molecule has 1 N–H and O–H groups in total. The summed E-state index contributed by atoms with van der Waals surface area (Å²) in [5.74, 6) is 0.947. The second-order valence-electron chi connectivity index (χ2n) is 1.94. The fourth-order valence-electron chi connectivity index (χ4n) is 0.594. The molecule has 0 amide bonds. The van der Waals surface area contributed by atoms with Crippen LogP contribution in [0.2, 0.25) is 0 Å². The Morgan fingerprint density at radius 2 is 2.38 bits per heavy atom. The fraction of sp³-hybridized carbons (Fsp3) is 0.333. The van der Waals surface area contributed by atoms with E-state index in [4.69, 9.17) is 0 Å². The normalized spacial score (nSPS) is 18.5. The first-order valence-corrected chi connectivity index (χ1v) is 2.58. The molecule has 0 bridgehead atoms. The van der Waals surface area contributed by atoms with Gasteiger partial charge >= 0.3 is 0 Å². The Balaban J connectivity index is 2.72. The number of rotatable bonds is 0. The summed E-state index contributed by atoms with van der Waals surface area (Å²) in [5.41, 5.74) is 1.20. The van der Waals surface area contributed by atoms with E-state index in [-0.39, 0.29) is 0 Å². The number of allylic oxidation sites excluding steroid dienone is 1. The van der Waals surface area contributed by atoms with E-state index in [0.29, 0.717) is 0 Å². The van der Waals surface area contributed by atoms with E-state index in [1.807, 2.05) is 25.1 Å². The monoisotopic (exact) mass is 110 g/mol. The van der Waals surface area contributed by atoms with Crippen LogP contribution in [0.5, 0.6) is 0 Å². The Morgan fingerprint density at radius 1 is 1.75 bits per heavy atom. The quantitative estimate of drug-likeness (QED) is 0.497. The molecule has 0 aromatic carbocycles. The first-order valence-electron chi connectivity index (χ1n) is 2.58. The molecule has 0 fully saturated rings. The Morgan fingerprint density at radius 3 is 2.50 bits per heavy atom. The topological polar surface area (TPSA) is 15.3 Å². The van der Waals surface area contributed by atoms with E-state index in [1.165, 1.54) is 5.70 Å². The molecule has 44 valence electrons. The molecule has 0 radical (unpaired) electrons. The summed E-state index contributed by atoms with van der Waals surface area (Å²) in [6.07, 6.45) is 1.93. The van der Waals surface area contributed by atoms with Gasteiger partial charge in [0.25, 0.3) is 0 Å². The van der Waals surface area contributed by atoms with Gasteiger partial charge < -0.3 is 10.2 Å². The molecule has 2 heteroatoms. The van der Waals surface area contributed by atoms with Crippen LogP contribution in [0.1, 0.15) is 6.92 Å². The summed E-state index contributed by atoms with van der Waals surface area (Å²) in [6.45, 7) is 5.78. The van der Waals surface area contributed by atoms with Gasteiger partial charge in [0.05, 0.1) is 0 Å². The van der Waals surface area contributed by atoms with Crippen LogP contribution in [-0.2, 0) is 0 Å². The van der Waals surface area contributed by atoms with Crippen molar-refractivity contribution in [2.24, 2.45) is 0 Å². The molecule has 1 heterocycles. The third-order valence-electron chi connectivity index (χ3n) is 1.38. The predicted octanol–water partition coefficient (Wildman–Crippen LogP) is 0.854. The summed E-state index contributed by atoms with van der Waals surface area (Å²) in [7, 11) is 1.98. The van der Waals surface area contributed by atoms with Gasteiger partial charge in [-0.3, -0.25) is 0 Å². The van der Waals surface area contributed by atoms with Gasteiger partial charge in [-0.15, -0.1) is 0 Å². The first-order chi connectivity index (χ1) is 3.72. The van der Waals surface area contributed by atoms with Crippen LogP contribution in [0.15, 0.2) is 24.3 Å². The molecule has 0 unspecified atom stereocenters. The standard InChI is InChI=1S/C6H10N2/c1-5-4-7-6(2)8(5)3/h4,7H,2H2,1,3H3. The molecule has 8 heavy (non-hydrogen) atoms. The van der Waals surface area contributed by atoms with Crippen molar-refractivity contribution in [3.05, 3.63) is 24.3 Å². The van der Waals surface area contributed by atoms with Gasteiger partial charge in [0, 0.05) is 18.9 Å². The average molecular weight is 110 g/mol. The second-order valence-corrected chi connectivity index (χ2v) is 1.94. The van der Waals surface area contributed by atoms with Gasteiger partial charge in [0.1, 0.15) is 5.82 Å². The maximum Gasteiger partial charge on any atom is 0.102 e. The SMILES string of the molecule is C=C1NC=C(C)N1C. The smallest absolute Gasteiger partial charge is 0.102 e.